The molecule has 0 atom stereocenters. The molecule has 0 aliphatic carbocycles. The zero-order valence-corrected chi connectivity index (χ0v) is 14.4. The highest BCUT2D eigenvalue weighted by Gasteiger charge is 2.13. The van der Waals surface area contributed by atoms with Crippen LogP contribution in [0.3, 0.4) is 0 Å². The number of methoxy groups -OCH3 is 1. The fourth-order valence-electron chi connectivity index (χ4n) is 2.82. The van der Waals surface area contributed by atoms with Gasteiger partial charge in [0.25, 0.3) is 5.56 Å². The summed E-state index contributed by atoms with van der Waals surface area (Å²) in [7, 11) is 1.56. The molecule has 2 aromatic carbocycles. The van der Waals surface area contributed by atoms with Gasteiger partial charge in [0.05, 0.1) is 41.6 Å². The van der Waals surface area contributed by atoms with Gasteiger partial charge in [-0.3, -0.25) is 9.36 Å². The minimum Gasteiger partial charge on any atom is -0.496 e. The molecule has 25 heavy (non-hydrogen) atoms. The maximum absolute atomic E-state index is 12.9. The van der Waals surface area contributed by atoms with E-state index in [2.05, 4.69) is 9.97 Å². The number of hydrogen-bond acceptors (Lipinski definition) is 5. The van der Waals surface area contributed by atoms with Crippen molar-refractivity contribution >= 4 is 22.2 Å². The van der Waals surface area contributed by atoms with E-state index in [9.17, 15) is 4.79 Å². The second-order valence-corrected chi connectivity index (χ2v) is 6.46. The molecule has 6 heteroatoms. The molecule has 0 aliphatic heterocycles. The van der Waals surface area contributed by atoms with Crippen LogP contribution >= 0.6 is 11.3 Å². The molecule has 0 saturated heterocycles. The lowest BCUT2D eigenvalue weighted by molar-refractivity contribution is 0.419. The first kappa shape index (κ1) is 15.5. The minimum absolute atomic E-state index is 0.116. The summed E-state index contributed by atoms with van der Waals surface area (Å²) in [5.74, 6) is 0.539. The van der Waals surface area contributed by atoms with Gasteiger partial charge < -0.3 is 4.74 Å². The predicted octanol–water partition coefficient (Wildman–Crippen LogP) is 3.58. The van der Waals surface area contributed by atoms with Gasteiger partial charge in [-0.2, -0.15) is 0 Å². The molecule has 124 valence electrons. The van der Waals surface area contributed by atoms with Crippen LogP contribution < -0.4 is 10.3 Å². The van der Waals surface area contributed by atoms with Gasteiger partial charge in [-0.1, -0.05) is 36.4 Å². The third kappa shape index (κ3) is 2.81. The number of rotatable bonds is 4. The van der Waals surface area contributed by atoms with Crippen molar-refractivity contribution in [2.24, 2.45) is 0 Å². The van der Waals surface area contributed by atoms with Crippen LogP contribution in [0.1, 0.15) is 4.88 Å². The van der Waals surface area contributed by atoms with E-state index in [1.807, 2.05) is 42.5 Å². The number of fused-ring (bicyclic) bond motifs is 1. The van der Waals surface area contributed by atoms with E-state index in [-0.39, 0.29) is 5.56 Å². The molecule has 0 bridgehead atoms. The molecule has 0 unspecified atom stereocenters. The lowest BCUT2D eigenvalue weighted by Crippen LogP contribution is -2.21. The highest BCUT2D eigenvalue weighted by atomic mass is 32.1. The Morgan fingerprint density at radius 2 is 1.92 bits per heavy atom. The highest BCUT2D eigenvalue weighted by Crippen LogP contribution is 2.26. The van der Waals surface area contributed by atoms with E-state index < -0.39 is 0 Å². The first-order chi connectivity index (χ1) is 12.3. The average molecular weight is 349 g/mol. The van der Waals surface area contributed by atoms with Crippen molar-refractivity contribution in [2.45, 2.75) is 6.54 Å². The standard InChI is InChI=1S/C19H15N3O2S/c1-24-15-9-5-8-14-17(15)19(23)22(11-20-14)10-16-18(21-12-25-16)13-6-3-2-4-7-13/h2-9,11-12H,10H2,1H3. The summed E-state index contributed by atoms with van der Waals surface area (Å²) < 4.78 is 6.93. The molecule has 2 aromatic heterocycles. The van der Waals surface area contributed by atoms with Gasteiger partial charge in [0.15, 0.2) is 0 Å². The molecule has 0 amide bonds. The highest BCUT2D eigenvalue weighted by molar-refractivity contribution is 7.10. The third-order valence-corrected chi connectivity index (χ3v) is 4.85. The van der Waals surface area contributed by atoms with Crippen molar-refractivity contribution in [3.63, 3.8) is 0 Å². The lowest BCUT2D eigenvalue weighted by atomic mass is 10.1. The molecule has 5 nitrogen and oxygen atoms in total. The van der Waals surface area contributed by atoms with E-state index in [1.54, 1.807) is 29.6 Å². The first-order valence-electron chi connectivity index (χ1n) is 7.78. The smallest absolute Gasteiger partial charge is 0.265 e. The first-order valence-corrected chi connectivity index (χ1v) is 8.66. The Bertz CT molecular complexity index is 1090. The number of hydrogen-bond donors (Lipinski definition) is 0. The Morgan fingerprint density at radius 1 is 1.08 bits per heavy atom. The van der Waals surface area contributed by atoms with Gasteiger partial charge in [0.1, 0.15) is 11.1 Å². The summed E-state index contributed by atoms with van der Waals surface area (Å²) >= 11 is 1.53. The van der Waals surface area contributed by atoms with E-state index in [0.717, 1.165) is 16.1 Å². The normalized spacial score (nSPS) is 10.9. The topological polar surface area (TPSA) is 57.0 Å². The predicted molar refractivity (Wildman–Crippen MR) is 99.2 cm³/mol. The second-order valence-electron chi connectivity index (χ2n) is 5.52. The quantitative estimate of drug-likeness (QED) is 0.565. The summed E-state index contributed by atoms with van der Waals surface area (Å²) in [5, 5.41) is 0.498. The van der Waals surface area contributed by atoms with Crippen LogP contribution in [0.4, 0.5) is 0 Å². The Hall–Kier alpha value is -2.99. The van der Waals surface area contributed by atoms with Crippen LogP contribution in [0, 0.1) is 0 Å². The van der Waals surface area contributed by atoms with E-state index in [0.29, 0.717) is 23.2 Å². The number of nitrogens with zero attached hydrogens (tertiary/aromatic N) is 3. The van der Waals surface area contributed by atoms with Crippen LogP contribution in [-0.2, 0) is 6.54 Å². The van der Waals surface area contributed by atoms with Gasteiger partial charge in [0.2, 0.25) is 0 Å². The van der Waals surface area contributed by atoms with Crippen LogP contribution in [0.25, 0.3) is 22.2 Å². The Labute approximate surface area is 148 Å². The molecule has 2 heterocycles. The monoisotopic (exact) mass is 349 g/mol. The molecule has 0 N–H and O–H groups in total. The summed E-state index contributed by atoms with van der Waals surface area (Å²) in [6.45, 7) is 0.425. The fourth-order valence-corrected chi connectivity index (χ4v) is 3.60. The zero-order chi connectivity index (χ0) is 17.2. The van der Waals surface area contributed by atoms with Gasteiger partial charge in [0, 0.05) is 5.56 Å². The van der Waals surface area contributed by atoms with Gasteiger partial charge in [-0.25, -0.2) is 9.97 Å². The van der Waals surface area contributed by atoms with Crippen LogP contribution in [0.5, 0.6) is 5.75 Å². The second kappa shape index (κ2) is 6.49. The number of thiazole rings is 1. The molecule has 4 aromatic rings. The zero-order valence-electron chi connectivity index (χ0n) is 13.5. The molecule has 0 aliphatic rings. The van der Waals surface area contributed by atoms with Gasteiger partial charge in [-0.15, -0.1) is 11.3 Å². The molecule has 0 fully saturated rings. The Balaban J connectivity index is 1.79. The minimum atomic E-state index is -0.116. The average Bonchev–Trinajstić information content (AvgIpc) is 3.12. The van der Waals surface area contributed by atoms with Crippen molar-refractivity contribution in [2.75, 3.05) is 7.11 Å². The lowest BCUT2D eigenvalue weighted by Gasteiger charge is -2.09. The summed E-state index contributed by atoms with van der Waals surface area (Å²) in [6.07, 6.45) is 1.58. The van der Waals surface area contributed by atoms with E-state index in [1.165, 1.54) is 11.3 Å². The van der Waals surface area contributed by atoms with Crippen molar-refractivity contribution in [1.82, 2.24) is 14.5 Å². The fraction of sp³-hybridized carbons (Fsp3) is 0.105. The van der Waals surface area contributed by atoms with Crippen molar-refractivity contribution < 1.29 is 4.74 Å². The summed E-state index contributed by atoms with van der Waals surface area (Å²) in [4.78, 5) is 22.8. The molecule has 0 saturated carbocycles. The Kier molecular flexibility index (Phi) is 4.03. The number of benzene rings is 2. The van der Waals surface area contributed by atoms with Crippen molar-refractivity contribution in [3.8, 4) is 17.0 Å². The number of ether oxygens (including phenoxy) is 1. The Morgan fingerprint density at radius 3 is 2.72 bits per heavy atom. The van der Waals surface area contributed by atoms with Crippen LogP contribution in [0.2, 0.25) is 0 Å². The molecule has 0 spiro atoms. The molecular formula is C19H15N3O2S. The van der Waals surface area contributed by atoms with Gasteiger partial charge >= 0.3 is 0 Å². The molecule has 4 rings (SSSR count). The maximum Gasteiger partial charge on any atom is 0.265 e. The molecular weight excluding hydrogens is 334 g/mol. The van der Waals surface area contributed by atoms with Crippen LogP contribution in [-0.4, -0.2) is 21.6 Å². The SMILES string of the molecule is COc1cccc2ncn(Cc3scnc3-c3ccccc3)c(=O)c12. The number of aromatic nitrogens is 3. The maximum atomic E-state index is 12.9. The summed E-state index contributed by atoms with van der Waals surface area (Å²) in [6, 6.07) is 15.4. The van der Waals surface area contributed by atoms with E-state index >= 15 is 0 Å². The molecule has 0 radical (unpaired) electrons. The van der Waals surface area contributed by atoms with Crippen LogP contribution in [0.15, 0.2) is 65.2 Å². The van der Waals surface area contributed by atoms with E-state index in [4.69, 9.17) is 4.74 Å². The largest absolute Gasteiger partial charge is 0.496 e. The van der Waals surface area contributed by atoms with Gasteiger partial charge in [-0.05, 0) is 12.1 Å². The third-order valence-electron chi connectivity index (χ3n) is 4.04. The van der Waals surface area contributed by atoms with Crippen molar-refractivity contribution in [3.05, 3.63) is 75.6 Å². The van der Waals surface area contributed by atoms with Crippen molar-refractivity contribution in [1.29, 1.82) is 0 Å². The summed E-state index contributed by atoms with van der Waals surface area (Å²) in [5.41, 5.74) is 4.26.